The highest BCUT2D eigenvalue weighted by molar-refractivity contribution is 5.98. The van der Waals surface area contributed by atoms with Gasteiger partial charge in [-0.2, -0.15) is 0 Å². The van der Waals surface area contributed by atoms with E-state index in [0.29, 0.717) is 36.7 Å². The number of aryl methyl sites for hydroxylation is 2. The van der Waals surface area contributed by atoms with Crippen molar-refractivity contribution in [1.82, 2.24) is 9.88 Å². The Morgan fingerprint density at radius 2 is 1.77 bits per heavy atom. The lowest BCUT2D eigenvalue weighted by Gasteiger charge is -2.34. The van der Waals surface area contributed by atoms with Crippen LogP contribution in [0.2, 0.25) is 0 Å². The second kappa shape index (κ2) is 8.88. The van der Waals surface area contributed by atoms with Gasteiger partial charge in [0.25, 0.3) is 0 Å². The van der Waals surface area contributed by atoms with Crippen molar-refractivity contribution in [1.29, 1.82) is 0 Å². The molecule has 2 aromatic carbocycles. The standard InChI is InChI=1S/C27H34N2O2/c1-17-8-11-21(12-9-17)16-29-25-14-18(2)10-13-22(25)23(26(29)27(30)31)15-28-24-7-5-6-19(3)20(24)4/h8-14,19-20,24,28H,5-7,15-16H2,1-4H3,(H,30,31)/t19-,20+,24-/m1/s1. The summed E-state index contributed by atoms with van der Waals surface area (Å²) in [5.74, 6) is 0.448. The van der Waals surface area contributed by atoms with Gasteiger partial charge in [0.2, 0.25) is 0 Å². The molecule has 4 rings (SSSR count). The largest absolute Gasteiger partial charge is 0.477 e. The first-order chi connectivity index (χ1) is 14.8. The van der Waals surface area contributed by atoms with Gasteiger partial charge >= 0.3 is 5.97 Å². The molecule has 0 spiro atoms. The van der Waals surface area contributed by atoms with Gasteiger partial charge in [0.05, 0.1) is 0 Å². The summed E-state index contributed by atoms with van der Waals surface area (Å²) in [6, 6.07) is 15.1. The quantitative estimate of drug-likeness (QED) is 0.522. The van der Waals surface area contributed by atoms with Crippen molar-refractivity contribution >= 4 is 16.9 Å². The minimum Gasteiger partial charge on any atom is -0.477 e. The summed E-state index contributed by atoms with van der Waals surface area (Å²) in [4.78, 5) is 12.5. The van der Waals surface area contributed by atoms with Crippen molar-refractivity contribution in [3.8, 4) is 0 Å². The molecular formula is C27H34N2O2. The van der Waals surface area contributed by atoms with Crippen LogP contribution in [0.4, 0.5) is 0 Å². The van der Waals surface area contributed by atoms with E-state index in [2.05, 4.69) is 75.5 Å². The van der Waals surface area contributed by atoms with E-state index in [9.17, 15) is 9.90 Å². The molecule has 1 aromatic heterocycles. The lowest BCUT2D eigenvalue weighted by Crippen LogP contribution is -2.40. The molecule has 1 aliphatic rings. The first-order valence-corrected chi connectivity index (χ1v) is 11.5. The van der Waals surface area contributed by atoms with Crippen LogP contribution in [0.15, 0.2) is 42.5 Å². The summed E-state index contributed by atoms with van der Waals surface area (Å²) >= 11 is 0. The number of nitrogens with zero attached hydrogens (tertiary/aromatic N) is 1. The van der Waals surface area contributed by atoms with Crippen LogP contribution in [-0.4, -0.2) is 21.7 Å². The molecule has 4 heteroatoms. The van der Waals surface area contributed by atoms with E-state index in [1.165, 1.54) is 18.4 Å². The molecular weight excluding hydrogens is 384 g/mol. The van der Waals surface area contributed by atoms with E-state index in [4.69, 9.17) is 0 Å². The molecule has 0 unspecified atom stereocenters. The molecule has 2 N–H and O–H groups in total. The van der Waals surface area contributed by atoms with E-state index in [1.807, 2.05) is 4.57 Å². The van der Waals surface area contributed by atoms with E-state index >= 15 is 0 Å². The minimum absolute atomic E-state index is 0.408. The number of carboxylic acids is 1. The first-order valence-electron chi connectivity index (χ1n) is 11.5. The smallest absolute Gasteiger partial charge is 0.352 e. The number of nitrogens with one attached hydrogen (secondary N) is 1. The second-order valence-electron chi connectivity index (χ2n) is 9.48. The molecule has 4 nitrogen and oxygen atoms in total. The van der Waals surface area contributed by atoms with Crippen LogP contribution in [0.25, 0.3) is 10.9 Å². The number of carboxylic acid groups (broad SMARTS) is 1. The molecule has 3 atom stereocenters. The van der Waals surface area contributed by atoms with Crippen LogP contribution < -0.4 is 5.32 Å². The lowest BCUT2D eigenvalue weighted by molar-refractivity contribution is 0.0684. The summed E-state index contributed by atoms with van der Waals surface area (Å²) in [6.45, 7) is 9.92. The fourth-order valence-corrected chi connectivity index (χ4v) is 5.10. The van der Waals surface area contributed by atoms with Gasteiger partial charge in [0.15, 0.2) is 0 Å². The van der Waals surface area contributed by atoms with Gasteiger partial charge < -0.3 is 15.0 Å². The average molecular weight is 419 g/mol. The molecule has 1 heterocycles. The average Bonchev–Trinajstić information content (AvgIpc) is 3.03. The van der Waals surface area contributed by atoms with Gasteiger partial charge in [-0.25, -0.2) is 4.79 Å². The molecule has 3 aromatic rings. The zero-order chi connectivity index (χ0) is 22.1. The van der Waals surface area contributed by atoms with Crippen LogP contribution in [-0.2, 0) is 13.1 Å². The van der Waals surface area contributed by atoms with Crippen LogP contribution in [0.1, 0.15) is 65.9 Å². The highest BCUT2D eigenvalue weighted by atomic mass is 16.4. The zero-order valence-corrected chi connectivity index (χ0v) is 19.1. The van der Waals surface area contributed by atoms with E-state index < -0.39 is 5.97 Å². The van der Waals surface area contributed by atoms with Crippen molar-refractivity contribution < 1.29 is 9.90 Å². The number of aromatic carboxylic acids is 1. The summed E-state index contributed by atoms with van der Waals surface area (Å²) < 4.78 is 1.99. The van der Waals surface area contributed by atoms with Crippen molar-refractivity contribution in [3.63, 3.8) is 0 Å². The molecule has 0 bridgehead atoms. The fraction of sp³-hybridized carbons (Fsp3) is 0.444. The summed E-state index contributed by atoms with van der Waals surface area (Å²) in [7, 11) is 0. The highest BCUT2D eigenvalue weighted by Gasteiger charge is 2.28. The Hall–Kier alpha value is -2.59. The Morgan fingerprint density at radius 3 is 2.48 bits per heavy atom. The maximum absolute atomic E-state index is 12.5. The Balaban J connectivity index is 1.74. The molecule has 0 saturated heterocycles. The Bertz CT molecular complexity index is 1080. The number of benzene rings is 2. The fourth-order valence-electron chi connectivity index (χ4n) is 5.10. The first kappa shape index (κ1) is 21.6. The number of fused-ring (bicyclic) bond motifs is 1. The molecule has 1 aliphatic carbocycles. The van der Waals surface area contributed by atoms with Crippen LogP contribution in [0.5, 0.6) is 0 Å². The van der Waals surface area contributed by atoms with Gasteiger partial charge in [0.1, 0.15) is 5.69 Å². The van der Waals surface area contributed by atoms with Crippen LogP contribution in [0, 0.1) is 25.7 Å². The lowest BCUT2D eigenvalue weighted by atomic mass is 9.78. The Labute approximate surface area is 185 Å². The summed E-state index contributed by atoms with van der Waals surface area (Å²) in [5, 5.41) is 15.0. The van der Waals surface area contributed by atoms with E-state index in [-0.39, 0.29) is 0 Å². The van der Waals surface area contributed by atoms with Gasteiger partial charge in [-0.15, -0.1) is 0 Å². The van der Waals surface area contributed by atoms with Gasteiger partial charge in [-0.3, -0.25) is 0 Å². The predicted octanol–water partition coefficient (Wildman–Crippen LogP) is 5.92. The van der Waals surface area contributed by atoms with Gasteiger partial charge in [0, 0.05) is 35.6 Å². The second-order valence-corrected chi connectivity index (χ2v) is 9.48. The molecule has 0 amide bonds. The predicted molar refractivity (Wildman–Crippen MR) is 127 cm³/mol. The maximum Gasteiger partial charge on any atom is 0.352 e. The summed E-state index contributed by atoms with van der Waals surface area (Å²) in [6.07, 6.45) is 3.69. The van der Waals surface area contributed by atoms with Gasteiger partial charge in [-0.1, -0.05) is 68.7 Å². The van der Waals surface area contributed by atoms with Crippen molar-refractivity contribution in [2.24, 2.45) is 11.8 Å². The monoisotopic (exact) mass is 418 g/mol. The zero-order valence-electron chi connectivity index (χ0n) is 19.1. The molecule has 0 aliphatic heterocycles. The highest BCUT2D eigenvalue weighted by Crippen LogP contribution is 2.32. The topological polar surface area (TPSA) is 54.3 Å². The third kappa shape index (κ3) is 4.40. The molecule has 164 valence electrons. The molecule has 0 radical (unpaired) electrons. The number of hydrogen-bond donors (Lipinski definition) is 2. The number of hydrogen-bond acceptors (Lipinski definition) is 2. The minimum atomic E-state index is -0.858. The number of aromatic nitrogens is 1. The SMILES string of the molecule is Cc1ccc(Cn2c(C(=O)O)c(CN[C@@H]3CCC[C@@H](C)[C@@H]3C)c3ccc(C)cc32)cc1. The van der Waals surface area contributed by atoms with E-state index in [1.54, 1.807) is 0 Å². The van der Waals surface area contributed by atoms with Crippen molar-refractivity contribution in [2.75, 3.05) is 0 Å². The maximum atomic E-state index is 12.5. The summed E-state index contributed by atoms with van der Waals surface area (Å²) in [5.41, 5.74) is 5.77. The normalized spacial score (nSPS) is 21.5. The molecule has 31 heavy (non-hydrogen) atoms. The Morgan fingerprint density at radius 1 is 1.06 bits per heavy atom. The van der Waals surface area contributed by atoms with Crippen molar-refractivity contribution in [2.45, 2.75) is 66.1 Å². The third-order valence-corrected chi connectivity index (χ3v) is 7.24. The van der Waals surface area contributed by atoms with Crippen LogP contribution in [0.3, 0.4) is 0 Å². The van der Waals surface area contributed by atoms with Gasteiger partial charge in [-0.05, 0) is 49.3 Å². The van der Waals surface area contributed by atoms with Crippen LogP contribution >= 0.6 is 0 Å². The number of carbonyl (C=O) groups is 1. The van der Waals surface area contributed by atoms with Crippen molar-refractivity contribution in [3.05, 3.63) is 70.4 Å². The molecule has 1 fully saturated rings. The number of rotatable bonds is 6. The van der Waals surface area contributed by atoms with E-state index in [0.717, 1.165) is 34.0 Å². The third-order valence-electron chi connectivity index (χ3n) is 7.24. The Kier molecular flexibility index (Phi) is 6.19. The molecule has 1 saturated carbocycles.